The number of amides is 1. The van der Waals surface area contributed by atoms with Gasteiger partial charge in [-0.1, -0.05) is 12.2 Å². The molecule has 0 aliphatic heterocycles. The Morgan fingerprint density at radius 3 is 2.44 bits per heavy atom. The molecule has 4 heteroatoms. The minimum atomic E-state index is -0.415. The van der Waals surface area contributed by atoms with Crippen LogP contribution < -0.4 is 5.32 Å². The van der Waals surface area contributed by atoms with Gasteiger partial charge in [0.2, 0.25) is 0 Å². The molecule has 0 aromatic carbocycles. The molecule has 4 nitrogen and oxygen atoms in total. The van der Waals surface area contributed by atoms with Gasteiger partial charge in [-0.05, 0) is 25.7 Å². The summed E-state index contributed by atoms with van der Waals surface area (Å²) in [6.07, 6.45) is 7.20. The molecule has 0 aromatic rings. The van der Waals surface area contributed by atoms with Gasteiger partial charge in [0.1, 0.15) is 5.78 Å². The maximum absolute atomic E-state index is 11.8. The van der Waals surface area contributed by atoms with Crippen molar-refractivity contribution in [3.05, 3.63) is 12.2 Å². The van der Waals surface area contributed by atoms with E-state index in [0.29, 0.717) is 11.7 Å². The van der Waals surface area contributed by atoms with Gasteiger partial charge in [0.05, 0.1) is 13.2 Å². The second-order valence-electron chi connectivity index (χ2n) is 4.49. The monoisotopic (exact) mass is 223 g/mol. The van der Waals surface area contributed by atoms with Gasteiger partial charge < -0.3 is 10.1 Å². The topological polar surface area (TPSA) is 55.4 Å². The zero-order valence-electron chi connectivity index (χ0n) is 9.44. The van der Waals surface area contributed by atoms with Gasteiger partial charge in [0.25, 0.3) is 0 Å². The largest absolute Gasteiger partial charge is 0.453 e. The Labute approximate surface area is 95.0 Å². The lowest BCUT2D eigenvalue weighted by Crippen LogP contribution is -2.36. The number of hydrogen-bond acceptors (Lipinski definition) is 3. The highest BCUT2D eigenvalue weighted by Gasteiger charge is 2.34. The summed E-state index contributed by atoms with van der Waals surface area (Å²) in [7, 11) is 1.35. The Morgan fingerprint density at radius 2 is 1.94 bits per heavy atom. The van der Waals surface area contributed by atoms with Crippen LogP contribution in [0.3, 0.4) is 0 Å². The third kappa shape index (κ3) is 2.62. The molecule has 0 bridgehead atoms. The first-order valence-corrected chi connectivity index (χ1v) is 5.77. The molecule has 1 fully saturated rings. The fraction of sp³-hybridized carbons (Fsp3) is 0.667. The number of Topliss-reactive ketones (excluding diaryl/α,β-unsaturated/α-hetero) is 1. The van der Waals surface area contributed by atoms with Crippen LogP contribution in [0.25, 0.3) is 0 Å². The van der Waals surface area contributed by atoms with Crippen LogP contribution in [0.4, 0.5) is 4.79 Å². The number of carbonyl (C=O) groups excluding carboxylic acids is 2. The maximum atomic E-state index is 11.8. The van der Waals surface area contributed by atoms with Gasteiger partial charge in [-0.3, -0.25) is 4.79 Å². The van der Waals surface area contributed by atoms with E-state index in [-0.39, 0.29) is 12.0 Å². The molecule has 0 unspecified atom stereocenters. The molecule has 0 spiro atoms. The molecule has 2 rings (SSSR count). The SMILES string of the molecule is COC(=O)N[C@H]1C=C[C@H](C(=O)C2CC2)CC1. The molecule has 2 aliphatic carbocycles. The average Bonchev–Trinajstić information content (AvgIpc) is 3.13. The zero-order chi connectivity index (χ0) is 11.5. The Balaban J connectivity index is 1.84. The van der Waals surface area contributed by atoms with Crippen molar-refractivity contribution in [2.24, 2.45) is 11.8 Å². The molecule has 2 aliphatic rings. The number of nitrogens with one attached hydrogen (secondary N) is 1. The molecule has 0 heterocycles. The van der Waals surface area contributed by atoms with Crippen LogP contribution in [0.2, 0.25) is 0 Å². The van der Waals surface area contributed by atoms with Crippen molar-refractivity contribution in [1.29, 1.82) is 0 Å². The number of carbonyl (C=O) groups is 2. The summed E-state index contributed by atoms with van der Waals surface area (Å²) >= 11 is 0. The van der Waals surface area contributed by atoms with Crippen LogP contribution in [-0.2, 0) is 9.53 Å². The number of alkyl carbamates (subject to hydrolysis) is 1. The van der Waals surface area contributed by atoms with Crippen molar-refractivity contribution >= 4 is 11.9 Å². The lowest BCUT2D eigenvalue weighted by atomic mass is 9.88. The van der Waals surface area contributed by atoms with Gasteiger partial charge in [-0.2, -0.15) is 0 Å². The molecule has 2 atom stereocenters. The van der Waals surface area contributed by atoms with Crippen LogP contribution in [0.15, 0.2) is 12.2 Å². The maximum Gasteiger partial charge on any atom is 0.407 e. The zero-order valence-corrected chi connectivity index (χ0v) is 9.44. The first-order valence-electron chi connectivity index (χ1n) is 5.77. The minimum Gasteiger partial charge on any atom is -0.453 e. The van der Waals surface area contributed by atoms with Crippen LogP contribution in [0.1, 0.15) is 25.7 Å². The van der Waals surface area contributed by atoms with Crippen LogP contribution >= 0.6 is 0 Å². The standard InChI is InChI=1S/C12H17NO3/c1-16-12(15)13-10-6-4-9(5-7-10)11(14)8-2-3-8/h4,6,8-10H,2-3,5,7H2,1H3,(H,13,15)/t9-,10-/m0/s1. The van der Waals surface area contributed by atoms with E-state index in [9.17, 15) is 9.59 Å². The summed E-state index contributed by atoms with van der Waals surface area (Å²) in [5, 5.41) is 2.71. The van der Waals surface area contributed by atoms with Crippen molar-refractivity contribution in [3.8, 4) is 0 Å². The summed E-state index contributed by atoms with van der Waals surface area (Å²) in [5.41, 5.74) is 0. The Morgan fingerprint density at radius 1 is 1.19 bits per heavy atom. The molecule has 1 amide bonds. The number of rotatable bonds is 3. The van der Waals surface area contributed by atoms with Crippen LogP contribution in [-0.4, -0.2) is 25.0 Å². The summed E-state index contributed by atoms with van der Waals surface area (Å²) in [6.45, 7) is 0. The van der Waals surface area contributed by atoms with Crippen molar-refractivity contribution in [3.63, 3.8) is 0 Å². The lowest BCUT2D eigenvalue weighted by molar-refractivity contribution is -0.123. The van der Waals surface area contributed by atoms with Crippen molar-refractivity contribution in [1.82, 2.24) is 5.32 Å². The average molecular weight is 223 g/mol. The third-order valence-electron chi connectivity index (χ3n) is 3.20. The fourth-order valence-corrected chi connectivity index (χ4v) is 2.06. The van der Waals surface area contributed by atoms with E-state index in [4.69, 9.17) is 0 Å². The van der Waals surface area contributed by atoms with E-state index in [1.165, 1.54) is 7.11 Å². The first kappa shape index (κ1) is 11.2. The fourth-order valence-electron chi connectivity index (χ4n) is 2.06. The molecule has 16 heavy (non-hydrogen) atoms. The second kappa shape index (κ2) is 4.68. The van der Waals surface area contributed by atoms with Crippen LogP contribution in [0, 0.1) is 11.8 Å². The van der Waals surface area contributed by atoms with E-state index < -0.39 is 6.09 Å². The number of hydrogen-bond donors (Lipinski definition) is 1. The number of methoxy groups -OCH3 is 1. The van der Waals surface area contributed by atoms with E-state index in [1.807, 2.05) is 12.2 Å². The van der Waals surface area contributed by atoms with E-state index in [2.05, 4.69) is 10.1 Å². The molecule has 0 radical (unpaired) electrons. The highest BCUT2D eigenvalue weighted by atomic mass is 16.5. The summed E-state index contributed by atoms with van der Waals surface area (Å²) in [5.74, 6) is 0.774. The van der Waals surface area contributed by atoms with E-state index in [1.54, 1.807) is 0 Å². The van der Waals surface area contributed by atoms with Gasteiger partial charge >= 0.3 is 6.09 Å². The van der Waals surface area contributed by atoms with Crippen molar-refractivity contribution < 1.29 is 14.3 Å². The predicted molar refractivity (Wildman–Crippen MR) is 58.9 cm³/mol. The number of allylic oxidation sites excluding steroid dienone is 1. The summed E-state index contributed by atoms with van der Waals surface area (Å²) < 4.78 is 4.52. The van der Waals surface area contributed by atoms with Crippen molar-refractivity contribution in [2.45, 2.75) is 31.7 Å². The minimum absolute atomic E-state index is 0.00991. The Hall–Kier alpha value is -1.32. The lowest BCUT2D eigenvalue weighted by Gasteiger charge is -2.22. The summed E-state index contributed by atoms with van der Waals surface area (Å²) in [4.78, 5) is 22.8. The highest BCUT2D eigenvalue weighted by molar-refractivity contribution is 5.87. The molecule has 0 saturated heterocycles. The number of ether oxygens (including phenoxy) is 1. The highest BCUT2D eigenvalue weighted by Crippen LogP contribution is 2.35. The van der Waals surface area contributed by atoms with Gasteiger partial charge in [-0.15, -0.1) is 0 Å². The Bertz CT molecular complexity index is 320. The van der Waals surface area contributed by atoms with Gasteiger partial charge in [-0.25, -0.2) is 4.79 Å². The molecule has 1 saturated carbocycles. The predicted octanol–water partition coefficient (Wildman–Crippen LogP) is 1.66. The normalized spacial score (nSPS) is 28.6. The molecule has 88 valence electrons. The summed E-state index contributed by atoms with van der Waals surface area (Å²) in [6, 6.07) is 0.00991. The van der Waals surface area contributed by atoms with E-state index >= 15 is 0 Å². The quantitative estimate of drug-likeness (QED) is 0.740. The Kier molecular flexibility index (Phi) is 3.27. The third-order valence-corrected chi connectivity index (χ3v) is 3.20. The molecular weight excluding hydrogens is 206 g/mol. The molecular formula is C12H17NO3. The molecule has 1 N–H and O–H groups in total. The first-order chi connectivity index (χ1) is 7.70. The molecule has 0 aromatic heterocycles. The van der Waals surface area contributed by atoms with Crippen LogP contribution in [0.5, 0.6) is 0 Å². The smallest absolute Gasteiger partial charge is 0.407 e. The number of ketones is 1. The van der Waals surface area contributed by atoms with E-state index in [0.717, 1.165) is 25.7 Å². The van der Waals surface area contributed by atoms with Gasteiger partial charge in [0.15, 0.2) is 0 Å². The second-order valence-corrected chi connectivity index (χ2v) is 4.49. The van der Waals surface area contributed by atoms with Crippen molar-refractivity contribution in [2.75, 3.05) is 7.11 Å². The van der Waals surface area contributed by atoms with Gasteiger partial charge in [0, 0.05) is 11.8 Å².